The number of hydrogen-bond acceptors (Lipinski definition) is 11. The summed E-state index contributed by atoms with van der Waals surface area (Å²) in [7, 11) is -5.08. The van der Waals surface area contributed by atoms with Crippen molar-refractivity contribution < 1.29 is 56.2 Å². The van der Waals surface area contributed by atoms with Gasteiger partial charge in [-0.1, -0.05) is 173 Å². The predicted molar refractivity (Wildman–Crippen MR) is 284 cm³/mol. The number of aliphatic hydroxyl groups excluding tert-OH is 3. The van der Waals surface area contributed by atoms with Crippen LogP contribution in [-0.2, 0) is 38.3 Å². The molecule has 4 N–H and O–H groups in total. The minimum atomic E-state index is -5.08. The third-order valence-corrected chi connectivity index (χ3v) is 11.2. The van der Waals surface area contributed by atoms with Crippen LogP contribution in [0.5, 0.6) is 0 Å². The Labute approximate surface area is 423 Å². The molecule has 0 bridgehead atoms. The number of hydrogen-bond donors (Lipinski definition) is 4. The maximum absolute atomic E-state index is 12.9. The summed E-state index contributed by atoms with van der Waals surface area (Å²) in [6.45, 7) is 3.65. The third-order valence-electron chi connectivity index (χ3n) is 10.8. The number of aliphatic hydroxyl groups is 3. The van der Waals surface area contributed by atoms with Gasteiger partial charge in [-0.2, -0.15) is 8.42 Å². The van der Waals surface area contributed by atoms with Crippen molar-refractivity contribution in [1.29, 1.82) is 0 Å². The van der Waals surface area contributed by atoms with Gasteiger partial charge in [0.05, 0.1) is 19.8 Å². The molecule has 0 aromatic heterocycles. The average molecular weight is 999 g/mol. The number of ether oxygens (including phenoxy) is 4. The van der Waals surface area contributed by atoms with Crippen molar-refractivity contribution in [3.63, 3.8) is 0 Å². The van der Waals surface area contributed by atoms with Crippen LogP contribution in [0.3, 0.4) is 0 Å². The van der Waals surface area contributed by atoms with Gasteiger partial charge in [-0.05, 0) is 109 Å². The van der Waals surface area contributed by atoms with E-state index in [0.717, 1.165) is 128 Å². The van der Waals surface area contributed by atoms with Crippen molar-refractivity contribution in [1.82, 2.24) is 0 Å². The molecular weight excluding hydrogens is 909 g/mol. The van der Waals surface area contributed by atoms with E-state index >= 15 is 0 Å². The maximum Gasteiger partial charge on any atom is 0.397 e. The lowest BCUT2D eigenvalue weighted by Crippen LogP contribution is -2.60. The van der Waals surface area contributed by atoms with Gasteiger partial charge < -0.3 is 34.3 Å². The second kappa shape index (κ2) is 46.3. The van der Waals surface area contributed by atoms with Crippen molar-refractivity contribution in [2.24, 2.45) is 0 Å². The van der Waals surface area contributed by atoms with Crippen LogP contribution in [0, 0.1) is 0 Å². The zero-order valence-electron chi connectivity index (χ0n) is 42.5. The van der Waals surface area contributed by atoms with E-state index in [1.165, 1.54) is 0 Å². The molecule has 12 nitrogen and oxygen atoms in total. The Morgan fingerprint density at radius 1 is 0.543 bits per heavy atom. The molecule has 13 heteroatoms. The molecule has 0 amide bonds. The minimum Gasteiger partial charge on any atom is -0.457 e. The summed E-state index contributed by atoms with van der Waals surface area (Å²) in [6, 6.07) is 0. The Balaban J connectivity index is 2.42. The van der Waals surface area contributed by atoms with Gasteiger partial charge in [0.25, 0.3) is 0 Å². The number of carbonyl (C=O) groups excluding carboxylic acids is 1. The van der Waals surface area contributed by atoms with E-state index in [1.54, 1.807) is 0 Å². The Morgan fingerprint density at radius 2 is 0.943 bits per heavy atom. The molecule has 1 heterocycles. The summed E-state index contributed by atoms with van der Waals surface area (Å²) < 4.78 is 59.2. The SMILES string of the molecule is CC/C=C\C/C=C\C/C=C\C/C=C\C/C=C\C/C=C\C/C=C\CCCCCC(=O)OC(COCCCCCCC/C=C\C/C=C\C/C=C\C/C=C\CC)COC1OC(CO)C(O)C(OS(=O)(=O)O)C1O. The molecule has 6 unspecified atom stereocenters. The highest BCUT2D eigenvalue weighted by atomic mass is 32.3. The fraction of sp³-hybridized carbons (Fsp3) is 0.596. The number of rotatable bonds is 43. The van der Waals surface area contributed by atoms with Crippen LogP contribution >= 0.6 is 0 Å². The van der Waals surface area contributed by atoms with Gasteiger partial charge in [0, 0.05) is 13.0 Å². The van der Waals surface area contributed by atoms with Crippen LogP contribution in [0.15, 0.2) is 134 Å². The molecule has 0 aromatic carbocycles. The maximum atomic E-state index is 12.9. The molecule has 1 rings (SSSR count). The molecule has 1 saturated heterocycles. The van der Waals surface area contributed by atoms with Crippen LogP contribution in [0.2, 0.25) is 0 Å². The van der Waals surface area contributed by atoms with Crippen LogP contribution in [-0.4, -0.2) is 97.5 Å². The monoisotopic (exact) mass is 999 g/mol. The van der Waals surface area contributed by atoms with E-state index in [2.05, 4.69) is 152 Å². The van der Waals surface area contributed by atoms with Gasteiger partial charge in [-0.3, -0.25) is 9.35 Å². The number of esters is 1. The fourth-order valence-corrected chi connectivity index (χ4v) is 7.44. The zero-order valence-corrected chi connectivity index (χ0v) is 43.3. The number of allylic oxidation sites excluding steroid dienone is 22. The second-order valence-electron chi connectivity index (χ2n) is 17.0. The second-order valence-corrected chi connectivity index (χ2v) is 18.0. The summed E-state index contributed by atoms with van der Waals surface area (Å²) in [5.74, 6) is -0.444. The molecule has 6 atom stereocenters. The average Bonchev–Trinajstić information content (AvgIpc) is 3.34. The Kier molecular flexibility index (Phi) is 42.5. The largest absolute Gasteiger partial charge is 0.457 e. The van der Waals surface area contributed by atoms with Crippen LogP contribution in [0.1, 0.15) is 155 Å². The molecule has 1 aliphatic heterocycles. The van der Waals surface area contributed by atoms with Gasteiger partial charge in [0.2, 0.25) is 0 Å². The molecule has 0 aliphatic carbocycles. The quantitative estimate of drug-likeness (QED) is 0.0197. The number of carbonyl (C=O) groups is 1. The summed E-state index contributed by atoms with van der Waals surface area (Å²) in [5, 5.41) is 30.8. The fourth-order valence-electron chi connectivity index (χ4n) is 6.94. The third kappa shape index (κ3) is 38.9. The summed E-state index contributed by atoms with van der Waals surface area (Å²) in [6.07, 6.45) is 59.1. The summed E-state index contributed by atoms with van der Waals surface area (Å²) in [4.78, 5) is 12.9. The van der Waals surface area contributed by atoms with E-state index in [4.69, 9.17) is 18.9 Å². The normalized spacial score (nSPS) is 20.2. The Bertz CT molecular complexity index is 1720. The van der Waals surface area contributed by atoms with E-state index in [9.17, 15) is 33.1 Å². The first-order chi connectivity index (χ1) is 34.1. The smallest absolute Gasteiger partial charge is 0.397 e. The first-order valence-corrected chi connectivity index (χ1v) is 27.3. The van der Waals surface area contributed by atoms with Gasteiger partial charge in [-0.15, -0.1) is 0 Å². The van der Waals surface area contributed by atoms with Crippen molar-refractivity contribution in [3.05, 3.63) is 134 Å². The molecule has 396 valence electrons. The summed E-state index contributed by atoms with van der Waals surface area (Å²) in [5.41, 5.74) is 0. The lowest BCUT2D eigenvalue weighted by atomic mass is 9.99. The highest BCUT2D eigenvalue weighted by Gasteiger charge is 2.48. The lowest BCUT2D eigenvalue weighted by molar-refractivity contribution is -0.301. The van der Waals surface area contributed by atoms with Crippen molar-refractivity contribution in [2.75, 3.05) is 26.4 Å². The molecular formula is C57H90O12S. The van der Waals surface area contributed by atoms with Crippen LogP contribution in [0.25, 0.3) is 0 Å². The first kappa shape index (κ1) is 64.3. The standard InChI is InChI=1S/C57H90O12S/c1-3-5-7-9-11-13-15-17-19-21-23-24-25-26-27-28-29-30-32-34-36-38-40-42-44-46-53(59)67-51(50-66-57-55(61)56(69-70(62,63)64)54(60)52(48-58)68-57)49-65-47-45-43-41-39-37-35-33-31-22-20-18-16-14-12-10-8-6-4-2/h5-8,11-14,17-20,23-24,26-27,29-31,33-34,36,51-52,54-58,60-61H,3-4,9-10,15-16,21-22,25,28,32,35,37-50H2,1-2H3,(H,62,63,64)/b7-5-,8-6-,13-11-,14-12-,19-17-,20-18-,24-23-,27-26-,30-29-,33-31-,36-34-. The molecule has 70 heavy (non-hydrogen) atoms. The highest BCUT2D eigenvalue weighted by Crippen LogP contribution is 2.26. The highest BCUT2D eigenvalue weighted by molar-refractivity contribution is 7.80. The first-order valence-electron chi connectivity index (χ1n) is 25.9. The zero-order chi connectivity index (χ0) is 51.0. The molecule has 1 aliphatic rings. The Morgan fingerprint density at radius 3 is 1.37 bits per heavy atom. The summed E-state index contributed by atoms with van der Waals surface area (Å²) >= 11 is 0. The molecule has 0 radical (unpaired) electrons. The van der Waals surface area contributed by atoms with Gasteiger partial charge in [0.1, 0.15) is 30.5 Å². The van der Waals surface area contributed by atoms with E-state index in [1.807, 2.05) is 0 Å². The van der Waals surface area contributed by atoms with E-state index in [-0.39, 0.29) is 19.6 Å². The van der Waals surface area contributed by atoms with E-state index in [0.29, 0.717) is 13.0 Å². The van der Waals surface area contributed by atoms with Gasteiger partial charge >= 0.3 is 16.4 Å². The van der Waals surface area contributed by atoms with Crippen molar-refractivity contribution in [3.8, 4) is 0 Å². The van der Waals surface area contributed by atoms with Gasteiger partial charge in [0.15, 0.2) is 6.29 Å². The van der Waals surface area contributed by atoms with E-state index < -0.39 is 59.8 Å². The molecule has 0 aromatic rings. The van der Waals surface area contributed by atoms with Crippen molar-refractivity contribution >= 4 is 16.4 Å². The number of unbranched alkanes of at least 4 members (excludes halogenated alkanes) is 8. The van der Waals surface area contributed by atoms with Crippen LogP contribution in [0.4, 0.5) is 0 Å². The molecule has 0 saturated carbocycles. The van der Waals surface area contributed by atoms with Crippen LogP contribution < -0.4 is 0 Å². The molecule has 1 fully saturated rings. The van der Waals surface area contributed by atoms with Gasteiger partial charge in [-0.25, -0.2) is 4.18 Å². The minimum absolute atomic E-state index is 0.00104. The Hall–Kier alpha value is -3.76. The lowest BCUT2D eigenvalue weighted by Gasteiger charge is -2.41. The topological polar surface area (TPSA) is 178 Å². The molecule has 0 spiro atoms. The predicted octanol–water partition coefficient (Wildman–Crippen LogP) is 12.3. The van der Waals surface area contributed by atoms with Crippen molar-refractivity contribution in [2.45, 2.75) is 192 Å².